The van der Waals surface area contributed by atoms with E-state index < -0.39 is 13.4 Å². The fourth-order valence-corrected chi connectivity index (χ4v) is 2.18. The molecule has 0 aromatic heterocycles. The van der Waals surface area contributed by atoms with Crippen LogP contribution in [0.3, 0.4) is 0 Å². The summed E-state index contributed by atoms with van der Waals surface area (Å²) in [7, 11) is -1.71. The molecule has 0 unspecified atom stereocenters. The minimum Gasteiger partial charge on any atom is -0.423 e. The van der Waals surface area contributed by atoms with Crippen molar-refractivity contribution in [2.75, 3.05) is 31.6 Å². The van der Waals surface area contributed by atoms with Crippen molar-refractivity contribution in [2.24, 2.45) is 0 Å². The lowest BCUT2D eigenvalue weighted by molar-refractivity contribution is -0.100. The van der Waals surface area contributed by atoms with Crippen LogP contribution in [0.4, 0.5) is 18.9 Å². The Labute approximate surface area is 120 Å². The highest BCUT2D eigenvalue weighted by Crippen LogP contribution is 2.24. The van der Waals surface area contributed by atoms with E-state index in [1.165, 1.54) is 23.5 Å². The summed E-state index contributed by atoms with van der Waals surface area (Å²) in [6.45, 7) is 2.59. The summed E-state index contributed by atoms with van der Waals surface area (Å²) in [5.74, 6) is 0. The molecule has 0 amide bonds. The Morgan fingerprint density at radius 1 is 1.24 bits per heavy atom. The smallest absolute Gasteiger partial charge is 0.423 e. The molecule has 0 aliphatic carbocycles. The van der Waals surface area contributed by atoms with Gasteiger partial charge in [-0.25, -0.2) is 0 Å². The maximum Gasteiger partial charge on any atom is 0.488 e. The van der Waals surface area contributed by atoms with Gasteiger partial charge in [0, 0.05) is 25.3 Å². The fourth-order valence-electron chi connectivity index (χ4n) is 2.18. The first-order valence-electron chi connectivity index (χ1n) is 6.49. The van der Waals surface area contributed by atoms with Crippen molar-refractivity contribution >= 4 is 18.3 Å². The summed E-state index contributed by atoms with van der Waals surface area (Å²) in [4.78, 5) is 1.95. The number of hydrogen-bond acceptors (Lipinski definition) is 5. The molecule has 5 nitrogen and oxygen atoms in total. The largest absolute Gasteiger partial charge is 0.488 e. The third-order valence-electron chi connectivity index (χ3n) is 3.20. The normalized spacial score (nSPS) is 16.8. The molecule has 1 saturated heterocycles. The van der Waals surface area contributed by atoms with Crippen LogP contribution in [0, 0.1) is 0 Å². The van der Waals surface area contributed by atoms with Gasteiger partial charge in [0.15, 0.2) is 0 Å². The summed E-state index contributed by atoms with van der Waals surface area (Å²) >= 11 is 0. The van der Waals surface area contributed by atoms with Gasteiger partial charge < -0.3 is 14.8 Å². The monoisotopic (exact) mass is 304 g/mol. The van der Waals surface area contributed by atoms with E-state index in [0.717, 1.165) is 0 Å². The van der Waals surface area contributed by atoms with Crippen molar-refractivity contribution in [2.45, 2.75) is 12.8 Å². The molecular formula is C12H16BF3N2O3. The second kappa shape index (κ2) is 6.65. The summed E-state index contributed by atoms with van der Waals surface area (Å²) in [5.41, 5.74) is 0.434. The van der Waals surface area contributed by atoms with Gasteiger partial charge in [0.05, 0.1) is 13.2 Å². The molecule has 2 rings (SSSR count). The molecule has 1 fully saturated rings. The number of ether oxygens (including phenoxy) is 1. The van der Waals surface area contributed by atoms with Crippen LogP contribution < -0.4 is 10.8 Å². The molecule has 0 spiro atoms. The molecule has 1 heterocycles. The number of alkyl halides is 3. The quantitative estimate of drug-likeness (QED) is 0.545. The number of rotatable bonds is 4. The van der Waals surface area contributed by atoms with Gasteiger partial charge in [-0.3, -0.25) is 10.2 Å². The standard InChI is InChI=1S/C12H16BF3N2O3/c14-12(15,16)17-11-2-1-10(13(19)20)7-9(11)8-18-3-5-21-6-4-18/h1-2,7,17,19-20H,3-6,8H2. The number of anilines is 1. The lowest BCUT2D eigenvalue weighted by Gasteiger charge is -2.28. The molecule has 3 N–H and O–H groups in total. The predicted molar refractivity (Wildman–Crippen MR) is 72.0 cm³/mol. The predicted octanol–water partition coefficient (Wildman–Crippen LogP) is 0.130. The van der Waals surface area contributed by atoms with Crippen molar-refractivity contribution in [1.82, 2.24) is 4.90 Å². The highest BCUT2D eigenvalue weighted by atomic mass is 19.4. The zero-order chi connectivity index (χ0) is 15.5. The molecule has 1 aliphatic heterocycles. The van der Waals surface area contributed by atoms with Gasteiger partial charge >= 0.3 is 13.4 Å². The topological polar surface area (TPSA) is 65.0 Å². The Balaban J connectivity index is 2.22. The number of benzene rings is 1. The average molecular weight is 304 g/mol. The van der Waals surface area contributed by atoms with E-state index in [9.17, 15) is 13.2 Å². The van der Waals surface area contributed by atoms with Gasteiger partial charge in [-0.05, 0) is 17.1 Å². The van der Waals surface area contributed by atoms with E-state index in [2.05, 4.69) is 0 Å². The van der Waals surface area contributed by atoms with Gasteiger partial charge in [-0.15, -0.1) is 0 Å². The zero-order valence-corrected chi connectivity index (χ0v) is 11.2. The summed E-state index contributed by atoms with van der Waals surface area (Å²) in [6, 6.07) is 3.83. The Morgan fingerprint density at radius 3 is 2.48 bits per heavy atom. The maximum absolute atomic E-state index is 12.5. The molecule has 0 bridgehead atoms. The highest BCUT2D eigenvalue weighted by molar-refractivity contribution is 6.58. The van der Waals surface area contributed by atoms with Gasteiger partial charge in [-0.1, -0.05) is 12.1 Å². The van der Waals surface area contributed by atoms with Crippen LogP contribution in [0.5, 0.6) is 0 Å². The van der Waals surface area contributed by atoms with Gasteiger partial charge in [0.1, 0.15) is 0 Å². The molecule has 1 aromatic rings. The van der Waals surface area contributed by atoms with Crippen molar-refractivity contribution in [3.63, 3.8) is 0 Å². The van der Waals surface area contributed by atoms with E-state index >= 15 is 0 Å². The number of hydrogen-bond donors (Lipinski definition) is 3. The number of halogens is 3. The van der Waals surface area contributed by atoms with E-state index in [1.807, 2.05) is 4.90 Å². The molecule has 116 valence electrons. The first-order valence-corrected chi connectivity index (χ1v) is 6.49. The molecule has 21 heavy (non-hydrogen) atoms. The highest BCUT2D eigenvalue weighted by Gasteiger charge is 2.29. The van der Waals surface area contributed by atoms with Crippen LogP contribution in [0.2, 0.25) is 0 Å². The second-order valence-electron chi connectivity index (χ2n) is 4.80. The summed E-state index contributed by atoms with van der Waals surface area (Å²) in [6.07, 6.45) is -4.54. The lowest BCUT2D eigenvalue weighted by atomic mass is 9.79. The van der Waals surface area contributed by atoms with Gasteiger partial charge in [0.25, 0.3) is 0 Å². The van der Waals surface area contributed by atoms with Gasteiger partial charge in [-0.2, -0.15) is 13.2 Å². The Hall–Kier alpha value is -1.29. The molecule has 0 saturated carbocycles. The average Bonchev–Trinajstić information content (AvgIpc) is 2.40. The minimum absolute atomic E-state index is 0.0848. The van der Waals surface area contributed by atoms with Gasteiger partial charge in [0.2, 0.25) is 0 Å². The van der Waals surface area contributed by atoms with Crippen LogP contribution in [0.25, 0.3) is 0 Å². The van der Waals surface area contributed by atoms with Crippen molar-refractivity contribution in [3.8, 4) is 0 Å². The van der Waals surface area contributed by atoms with E-state index in [4.69, 9.17) is 14.8 Å². The Morgan fingerprint density at radius 2 is 1.90 bits per heavy atom. The van der Waals surface area contributed by atoms with Crippen LogP contribution in [-0.2, 0) is 11.3 Å². The zero-order valence-electron chi connectivity index (χ0n) is 11.2. The fraction of sp³-hybridized carbons (Fsp3) is 0.500. The van der Waals surface area contributed by atoms with Crippen LogP contribution >= 0.6 is 0 Å². The third kappa shape index (κ3) is 4.89. The molecular weight excluding hydrogens is 288 g/mol. The van der Waals surface area contributed by atoms with Crippen LogP contribution in [-0.4, -0.2) is 54.7 Å². The number of morpholine rings is 1. The first-order chi connectivity index (χ1) is 9.85. The molecule has 9 heteroatoms. The number of nitrogens with one attached hydrogen (secondary N) is 1. The number of nitrogens with zero attached hydrogens (tertiary/aromatic N) is 1. The summed E-state index contributed by atoms with van der Waals surface area (Å²) < 4.78 is 42.7. The van der Waals surface area contributed by atoms with E-state index in [1.54, 1.807) is 0 Å². The van der Waals surface area contributed by atoms with Crippen molar-refractivity contribution in [1.29, 1.82) is 0 Å². The molecule has 1 aromatic carbocycles. The van der Waals surface area contributed by atoms with Crippen LogP contribution in [0.15, 0.2) is 18.2 Å². The van der Waals surface area contributed by atoms with E-state index in [-0.39, 0.29) is 17.7 Å². The van der Waals surface area contributed by atoms with E-state index in [0.29, 0.717) is 31.9 Å². The van der Waals surface area contributed by atoms with Crippen molar-refractivity contribution in [3.05, 3.63) is 23.8 Å². The molecule has 1 aliphatic rings. The maximum atomic E-state index is 12.5. The first kappa shape index (κ1) is 16.1. The molecule has 0 radical (unpaired) electrons. The second-order valence-corrected chi connectivity index (χ2v) is 4.80. The third-order valence-corrected chi connectivity index (χ3v) is 3.20. The van der Waals surface area contributed by atoms with Crippen molar-refractivity contribution < 1.29 is 28.0 Å². The molecule has 0 atom stereocenters. The Kier molecular flexibility index (Phi) is 5.10. The lowest BCUT2D eigenvalue weighted by Crippen LogP contribution is -2.37. The summed E-state index contributed by atoms with van der Waals surface area (Å²) in [5, 5.41) is 19.8. The van der Waals surface area contributed by atoms with Crippen LogP contribution in [0.1, 0.15) is 5.56 Å². The SMILES string of the molecule is OB(O)c1ccc(NC(F)(F)F)c(CN2CCOCC2)c1. The Bertz CT molecular complexity index is 479. The minimum atomic E-state index is -4.54.